The van der Waals surface area contributed by atoms with Crippen LogP contribution in [-0.4, -0.2) is 9.78 Å². The summed E-state index contributed by atoms with van der Waals surface area (Å²) in [6.45, 7) is 0. The van der Waals surface area contributed by atoms with Crippen molar-refractivity contribution >= 4 is 15.9 Å². The smallest absolute Gasteiger partial charge is 0.0692 e. The number of fused-ring (bicyclic) bond motifs is 1. The Morgan fingerprint density at radius 2 is 2.13 bits per heavy atom. The normalized spacial score (nSPS) is 35.3. The lowest BCUT2D eigenvalue weighted by Crippen LogP contribution is -2.23. The van der Waals surface area contributed by atoms with Gasteiger partial charge in [0, 0.05) is 7.05 Å². The van der Waals surface area contributed by atoms with E-state index in [4.69, 9.17) is 5.73 Å². The molecule has 2 fully saturated rings. The molecule has 82 valence electrons. The van der Waals surface area contributed by atoms with Crippen LogP contribution in [0.15, 0.2) is 10.7 Å². The molecule has 1 heterocycles. The van der Waals surface area contributed by atoms with Crippen molar-refractivity contribution in [2.75, 3.05) is 0 Å². The van der Waals surface area contributed by atoms with E-state index in [9.17, 15) is 0 Å². The molecule has 0 aromatic carbocycles. The lowest BCUT2D eigenvalue weighted by molar-refractivity contribution is 0.386. The third-order valence-electron chi connectivity index (χ3n) is 4.04. The molecular weight excluding hydrogens is 254 g/mol. The Labute approximate surface area is 98.2 Å². The van der Waals surface area contributed by atoms with Crippen LogP contribution in [0.1, 0.15) is 31.0 Å². The Morgan fingerprint density at radius 3 is 2.67 bits per heavy atom. The molecule has 2 aliphatic rings. The van der Waals surface area contributed by atoms with Gasteiger partial charge in [-0.25, -0.2) is 0 Å². The van der Waals surface area contributed by atoms with Crippen LogP contribution < -0.4 is 5.73 Å². The van der Waals surface area contributed by atoms with E-state index in [1.54, 1.807) is 0 Å². The Hall–Kier alpha value is -0.350. The third-order valence-corrected chi connectivity index (χ3v) is 4.65. The molecule has 15 heavy (non-hydrogen) atoms. The summed E-state index contributed by atoms with van der Waals surface area (Å²) in [5.41, 5.74) is 7.49. The molecule has 0 saturated heterocycles. The van der Waals surface area contributed by atoms with Crippen molar-refractivity contribution < 1.29 is 0 Å². The van der Waals surface area contributed by atoms with Gasteiger partial charge in [0.25, 0.3) is 0 Å². The maximum atomic E-state index is 6.34. The minimum Gasteiger partial charge on any atom is -0.322 e. The minimum atomic E-state index is 0.152. The van der Waals surface area contributed by atoms with Crippen LogP contribution in [0.2, 0.25) is 0 Å². The van der Waals surface area contributed by atoms with E-state index in [1.807, 2.05) is 17.9 Å². The molecule has 1 aromatic heterocycles. The van der Waals surface area contributed by atoms with Crippen LogP contribution in [0.5, 0.6) is 0 Å². The van der Waals surface area contributed by atoms with Gasteiger partial charge in [-0.2, -0.15) is 5.10 Å². The van der Waals surface area contributed by atoms with Crippen LogP contribution in [0.3, 0.4) is 0 Å². The molecule has 0 aliphatic heterocycles. The zero-order valence-corrected chi connectivity index (χ0v) is 10.4. The predicted molar refractivity (Wildman–Crippen MR) is 62.2 cm³/mol. The van der Waals surface area contributed by atoms with Crippen LogP contribution in [0.25, 0.3) is 0 Å². The summed E-state index contributed by atoms with van der Waals surface area (Å²) in [6, 6.07) is 0.152. The second-order valence-corrected chi connectivity index (χ2v) is 5.87. The molecule has 0 bridgehead atoms. The maximum Gasteiger partial charge on any atom is 0.0692 e. The lowest BCUT2D eigenvalue weighted by Gasteiger charge is -2.21. The Kier molecular flexibility index (Phi) is 2.18. The molecule has 0 amide bonds. The molecular formula is C11H16BrN3. The number of nitrogens with zero attached hydrogens (tertiary/aromatic N) is 2. The van der Waals surface area contributed by atoms with E-state index >= 15 is 0 Å². The van der Waals surface area contributed by atoms with Crippen molar-refractivity contribution in [2.45, 2.75) is 25.3 Å². The first-order chi connectivity index (χ1) is 7.16. The van der Waals surface area contributed by atoms with Gasteiger partial charge in [-0.05, 0) is 52.9 Å². The standard InChI is InChI=1S/C11H16BrN3/c1-15-11(9(12)5-14-15)10(13)8-3-6-2-7(6)4-8/h5-8,10H,2-4,13H2,1H3. The summed E-state index contributed by atoms with van der Waals surface area (Å²) in [6.07, 6.45) is 5.94. The van der Waals surface area contributed by atoms with E-state index < -0.39 is 0 Å². The Balaban J connectivity index is 1.81. The average molecular weight is 270 g/mol. The van der Waals surface area contributed by atoms with Gasteiger partial charge in [0.05, 0.1) is 22.4 Å². The molecule has 0 spiro atoms. The van der Waals surface area contributed by atoms with Gasteiger partial charge in [0.15, 0.2) is 0 Å². The van der Waals surface area contributed by atoms with Gasteiger partial charge in [0.1, 0.15) is 0 Å². The predicted octanol–water partition coefficient (Wildman–Crippen LogP) is 2.23. The summed E-state index contributed by atoms with van der Waals surface area (Å²) in [5.74, 6) is 2.65. The zero-order valence-electron chi connectivity index (χ0n) is 8.86. The van der Waals surface area contributed by atoms with Crippen molar-refractivity contribution in [1.29, 1.82) is 0 Å². The number of aryl methyl sites for hydroxylation is 1. The molecule has 3 unspecified atom stereocenters. The fourth-order valence-corrected chi connectivity index (χ4v) is 3.69. The van der Waals surface area contributed by atoms with Crippen LogP contribution in [0, 0.1) is 17.8 Å². The molecule has 2 aliphatic carbocycles. The topological polar surface area (TPSA) is 43.8 Å². The molecule has 2 N–H and O–H groups in total. The fraction of sp³-hybridized carbons (Fsp3) is 0.727. The largest absolute Gasteiger partial charge is 0.322 e. The lowest BCUT2D eigenvalue weighted by atomic mass is 9.93. The number of rotatable bonds is 2. The summed E-state index contributed by atoms with van der Waals surface area (Å²) in [7, 11) is 1.97. The monoisotopic (exact) mass is 269 g/mol. The highest BCUT2D eigenvalue weighted by molar-refractivity contribution is 9.10. The van der Waals surface area contributed by atoms with Gasteiger partial charge < -0.3 is 5.73 Å². The average Bonchev–Trinajstić information content (AvgIpc) is 2.66. The van der Waals surface area contributed by atoms with Crippen molar-refractivity contribution in [3.63, 3.8) is 0 Å². The van der Waals surface area contributed by atoms with Gasteiger partial charge in [-0.1, -0.05) is 0 Å². The zero-order chi connectivity index (χ0) is 10.6. The first-order valence-corrected chi connectivity index (χ1v) is 6.39. The molecule has 3 nitrogen and oxygen atoms in total. The molecule has 0 radical (unpaired) electrons. The fourth-order valence-electron chi connectivity index (χ4n) is 3.07. The Bertz CT molecular complexity index is 358. The second kappa shape index (κ2) is 3.32. The van der Waals surface area contributed by atoms with E-state index in [2.05, 4.69) is 21.0 Å². The summed E-state index contributed by atoms with van der Waals surface area (Å²) in [5, 5.41) is 4.23. The summed E-state index contributed by atoms with van der Waals surface area (Å²) in [4.78, 5) is 0. The van der Waals surface area contributed by atoms with Crippen LogP contribution in [0.4, 0.5) is 0 Å². The number of hydrogen-bond acceptors (Lipinski definition) is 2. The third kappa shape index (κ3) is 1.54. The molecule has 1 aromatic rings. The first-order valence-electron chi connectivity index (χ1n) is 5.59. The molecule has 3 atom stereocenters. The Morgan fingerprint density at radius 1 is 1.47 bits per heavy atom. The molecule has 4 heteroatoms. The SMILES string of the molecule is Cn1ncc(Br)c1C(N)C1CC2CC2C1. The number of halogens is 1. The first kappa shape index (κ1) is 9.85. The maximum absolute atomic E-state index is 6.34. The minimum absolute atomic E-state index is 0.152. The van der Waals surface area contributed by atoms with Crippen molar-refractivity contribution in [2.24, 2.45) is 30.5 Å². The highest BCUT2D eigenvalue weighted by Gasteiger charge is 2.48. The molecule has 2 saturated carbocycles. The second-order valence-electron chi connectivity index (χ2n) is 5.01. The van der Waals surface area contributed by atoms with Crippen LogP contribution >= 0.6 is 15.9 Å². The van der Waals surface area contributed by atoms with Crippen molar-refractivity contribution in [3.05, 3.63) is 16.4 Å². The highest BCUT2D eigenvalue weighted by Crippen LogP contribution is 2.56. The van der Waals surface area contributed by atoms with E-state index in [-0.39, 0.29) is 6.04 Å². The molecule has 3 rings (SSSR count). The van der Waals surface area contributed by atoms with Crippen molar-refractivity contribution in [3.8, 4) is 0 Å². The quantitative estimate of drug-likeness (QED) is 0.895. The summed E-state index contributed by atoms with van der Waals surface area (Å²) >= 11 is 3.53. The van der Waals surface area contributed by atoms with E-state index in [1.165, 1.54) is 19.3 Å². The van der Waals surface area contributed by atoms with Gasteiger partial charge >= 0.3 is 0 Å². The number of hydrogen-bond donors (Lipinski definition) is 1. The highest BCUT2D eigenvalue weighted by atomic mass is 79.9. The summed E-state index contributed by atoms with van der Waals surface area (Å²) < 4.78 is 2.96. The van der Waals surface area contributed by atoms with E-state index in [0.717, 1.165) is 22.0 Å². The van der Waals surface area contributed by atoms with Gasteiger partial charge in [-0.3, -0.25) is 4.68 Å². The van der Waals surface area contributed by atoms with Gasteiger partial charge in [0.2, 0.25) is 0 Å². The van der Waals surface area contributed by atoms with E-state index in [0.29, 0.717) is 5.92 Å². The van der Waals surface area contributed by atoms with Gasteiger partial charge in [-0.15, -0.1) is 0 Å². The number of nitrogens with two attached hydrogens (primary N) is 1. The number of aromatic nitrogens is 2. The van der Waals surface area contributed by atoms with Crippen LogP contribution in [-0.2, 0) is 7.05 Å². The van der Waals surface area contributed by atoms with Crippen molar-refractivity contribution in [1.82, 2.24) is 9.78 Å².